The van der Waals surface area contributed by atoms with Crippen LogP contribution in [0, 0.1) is 5.92 Å². The Morgan fingerprint density at radius 3 is 3.15 bits per heavy atom. The minimum Gasteiger partial charge on any atom is -0.495 e. The topological polar surface area (TPSA) is 55.6 Å². The van der Waals surface area contributed by atoms with Crippen molar-refractivity contribution in [2.24, 2.45) is 5.92 Å². The second-order valence-corrected chi connectivity index (χ2v) is 5.30. The molecular formula is C15H19N3O2. The summed E-state index contributed by atoms with van der Waals surface area (Å²) >= 11 is 0. The molecule has 1 atom stereocenters. The highest BCUT2D eigenvalue weighted by Gasteiger charge is 2.15. The summed E-state index contributed by atoms with van der Waals surface area (Å²) in [6.45, 7) is 2.12. The first kappa shape index (κ1) is 13.1. The van der Waals surface area contributed by atoms with Crippen LogP contribution in [0.3, 0.4) is 0 Å². The fourth-order valence-corrected chi connectivity index (χ4v) is 2.75. The highest BCUT2D eigenvalue weighted by atomic mass is 16.5. The molecule has 2 aromatic heterocycles. The lowest BCUT2D eigenvalue weighted by Gasteiger charge is -2.22. The van der Waals surface area contributed by atoms with Gasteiger partial charge in [-0.1, -0.05) is 0 Å². The third-order valence-electron chi connectivity index (χ3n) is 3.82. The van der Waals surface area contributed by atoms with E-state index in [-0.39, 0.29) is 5.56 Å². The molecule has 2 aromatic rings. The van der Waals surface area contributed by atoms with Gasteiger partial charge in [0.1, 0.15) is 11.4 Å². The number of pyridine rings is 1. The molecule has 0 bridgehead atoms. The van der Waals surface area contributed by atoms with Crippen LogP contribution in [0.2, 0.25) is 0 Å². The second-order valence-electron chi connectivity index (χ2n) is 5.30. The highest BCUT2D eigenvalue weighted by molar-refractivity contribution is 5.42. The number of hydrogen-bond donors (Lipinski definition) is 1. The molecule has 0 radical (unpaired) electrons. The van der Waals surface area contributed by atoms with Crippen molar-refractivity contribution in [3.63, 3.8) is 0 Å². The van der Waals surface area contributed by atoms with Gasteiger partial charge in [0.25, 0.3) is 5.56 Å². The summed E-state index contributed by atoms with van der Waals surface area (Å²) in [7, 11) is 1.59. The monoisotopic (exact) mass is 273 g/mol. The van der Waals surface area contributed by atoms with Gasteiger partial charge in [0.2, 0.25) is 0 Å². The maximum Gasteiger partial charge on any atom is 0.258 e. The van der Waals surface area contributed by atoms with E-state index in [9.17, 15) is 4.79 Å². The molecule has 106 valence electrons. The average Bonchev–Trinajstić information content (AvgIpc) is 2.48. The number of piperidine rings is 1. The Hall–Kier alpha value is -1.88. The number of hydrogen-bond acceptors (Lipinski definition) is 4. The standard InChI is InChI=1S/C15H19N3O2/c1-20-13-4-5-14-17-12(8-15(19)18(14)10-13)7-11-3-2-6-16-9-11/h4-5,8,10-11,16H,2-3,6-7,9H2,1H3. The van der Waals surface area contributed by atoms with Crippen molar-refractivity contribution in [1.82, 2.24) is 14.7 Å². The number of nitrogens with zero attached hydrogens (tertiary/aromatic N) is 2. The molecule has 0 amide bonds. The van der Waals surface area contributed by atoms with Crippen molar-refractivity contribution in [1.29, 1.82) is 0 Å². The smallest absolute Gasteiger partial charge is 0.258 e. The first-order valence-electron chi connectivity index (χ1n) is 7.03. The van der Waals surface area contributed by atoms with Crippen molar-refractivity contribution in [2.75, 3.05) is 20.2 Å². The van der Waals surface area contributed by atoms with Gasteiger partial charge in [-0.3, -0.25) is 9.20 Å². The van der Waals surface area contributed by atoms with E-state index < -0.39 is 0 Å². The van der Waals surface area contributed by atoms with Crippen LogP contribution in [-0.2, 0) is 6.42 Å². The molecule has 1 aliphatic rings. The molecular weight excluding hydrogens is 254 g/mol. The summed E-state index contributed by atoms with van der Waals surface area (Å²) in [5, 5.41) is 3.39. The summed E-state index contributed by atoms with van der Waals surface area (Å²) in [6.07, 6.45) is 4.95. The van der Waals surface area contributed by atoms with Crippen LogP contribution in [0.4, 0.5) is 0 Å². The number of ether oxygens (including phenoxy) is 1. The van der Waals surface area contributed by atoms with Crippen molar-refractivity contribution in [3.8, 4) is 5.75 Å². The van der Waals surface area contributed by atoms with E-state index in [1.54, 1.807) is 19.4 Å². The minimum atomic E-state index is -0.0485. The van der Waals surface area contributed by atoms with Gasteiger partial charge in [-0.25, -0.2) is 4.98 Å². The number of rotatable bonds is 3. The van der Waals surface area contributed by atoms with E-state index in [0.29, 0.717) is 17.3 Å². The fourth-order valence-electron chi connectivity index (χ4n) is 2.75. The first-order valence-corrected chi connectivity index (χ1v) is 7.03. The van der Waals surface area contributed by atoms with Crippen LogP contribution in [0.15, 0.2) is 29.2 Å². The zero-order valence-electron chi connectivity index (χ0n) is 11.6. The zero-order chi connectivity index (χ0) is 13.9. The van der Waals surface area contributed by atoms with Crippen LogP contribution in [0.5, 0.6) is 5.75 Å². The van der Waals surface area contributed by atoms with E-state index in [0.717, 1.165) is 25.2 Å². The van der Waals surface area contributed by atoms with Crippen LogP contribution in [0.25, 0.3) is 5.65 Å². The number of nitrogens with one attached hydrogen (secondary N) is 1. The van der Waals surface area contributed by atoms with E-state index in [1.807, 2.05) is 12.1 Å². The van der Waals surface area contributed by atoms with E-state index >= 15 is 0 Å². The lowest BCUT2D eigenvalue weighted by Crippen LogP contribution is -2.31. The van der Waals surface area contributed by atoms with Crippen molar-refractivity contribution in [3.05, 3.63) is 40.4 Å². The third-order valence-corrected chi connectivity index (χ3v) is 3.82. The lowest BCUT2D eigenvalue weighted by atomic mass is 9.94. The number of methoxy groups -OCH3 is 1. The lowest BCUT2D eigenvalue weighted by molar-refractivity contribution is 0.373. The molecule has 5 nitrogen and oxygen atoms in total. The third kappa shape index (κ3) is 2.67. The van der Waals surface area contributed by atoms with Crippen LogP contribution in [-0.4, -0.2) is 29.6 Å². The minimum absolute atomic E-state index is 0.0485. The highest BCUT2D eigenvalue weighted by Crippen LogP contribution is 2.16. The largest absolute Gasteiger partial charge is 0.495 e. The molecule has 3 heterocycles. The predicted octanol–water partition coefficient (Wildman–Crippen LogP) is 1.25. The Balaban J connectivity index is 1.91. The fraction of sp³-hybridized carbons (Fsp3) is 0.467. The van der Waals surface area contributed by atoms with Crippen LogP contribution >= 0.6 is 0 Å². The summed E-state index contributed by atoms with van der Waals surface area (Å²) in [4.78, 5) is 16.7. The average molecular weight is 273 g/mol. The molecule has 1 saturated heterocycles. The summed E-state index contributed by atoms with van der Waals surface area (Å²) in [5.74, 6) is 1.24. The Morgan fingerprint density at radius 1 is 1.50 bits per heavy atom. The summed E-state index contributed by atoms with van der Waals surface area (Å²) in [6, 6.07) is 5.29. The Morgan fingerprint density at radius 2 is 2.40 bits per heavy atom. The van der Waals surface area contributed by atoms with E-state index in [1.165, 1.54) is 17.2 Å². The Labute approximate surface area is 117 Å². The quantitative estimate of drug-likeness (QED) is 0.914. The molecule has 1 unspecified atom stereocenters. The number of aromatic nitrogens is 2. The van der Waals surface area contributed by atoms with Gasteiger partial charge in [0.15, 0.2) is 0 Å². The summed E-state index contributed by atoms with van der Waals surface area (Å²) < 4.78 is 6.66. The molecule has 1 N–H and O–H groups in total. The normalized spacial score (nSPS) is 19.1. The molecule has 0 saturated carbocycles. The number of fused-ring (bicyclic) bond motifs is 1. The molecule has 0 aliphatic carbocycles. The van der Waals surface area contributed by atoms with Crippen molar-refractivity contribution >= 4 is 5.65 Å². The van der Waals surface area contributed by atoms with Crippen LogP contribution in [0.1, 0.15) is 18.5 Å². The van der Waals surface area contributed by atoms with E-state index in [4.69, 9.17) is 4.74 Å². The maximum absolute atomic E-state index is 12.2. The van der Waals surface area contributed by atoms with Gasteiger partial charge >= 0.3 is 0 Å². The molecule has 1 aliphatic heterocycles. The molecule has 0 spiro atoms. The predicted molar refractivity (Wildman–Crippen MR) is 77.3 cm³/mol. The van der Waals surface area contributed by atoms with Gasteiger partial charge in [0.05, 0.1) is 13.3 Å². The van der Waals surface area contributed by atoms with Gasteiger partial charge < -0.3 is 10.1 Å². The first-order chi connectivity index (χ1) is 9.76. The molecule has 0 aromatic carbocycles. The molecule has 5 heteroatoms. The summed E-state index contributed by atoms with van der Waals surface area (Å²) in [5.41, 5.74) is 1.51. The van der Waals surface area contributed by atoms with Gasteiger partial charge in [-0.15, -0.1) is 0 Å². The maximum atomic E-state index is 12.2. The van der Waals surface area contributed by atoms with Crippen LogP contribution < -0.4 is 15.6 Å². The zero-order valence-corrected chi connectivity index (χ0v) is 11.6. The Kier molecular flexibility index (Phi) is 3.69. The van der Waals surface area contributed by atoms with Crippen molar-refractivity contribution in [2.45, 2.75) is 19.3 Å². The van der Waals surface area contributed by atoms with Crippen molar-refractivity contribution < 1.29 is 4.74 Å². The molecule has 20 heavy (non-hydrogen) atoms. The van der Waals surface area contributed by atoms with Gasteiger partial charge in [-0.05, 0) is 50.4 Å². The molecule has 3 rings (SSSR count). The van der Waals surface area contributed by atoms with Gasteiger partial charge in [-0.2, -0.15) is 0 Å². The van der Waals surface area contributed by atoms with Gasteiger partial charge in [0, 0.05) is 11.8 Å². The molecule has 1 fully saturated rings. The Bertz CT molecular complexity index is 660. The second kappa shape index (κ2) is 5.63. The van der Waals surface area contributed by atoms with E-state index in [2.05, 4.69) is 10.3 Å². The SMILES string of the molecule is COc1ccc2nc(CC3CCCNC3)cc(=O)n2c1.